The van der Waals surface area contributed by atoms with Gasteiger partial charge in [-0.15, -0.1) is 0 Å². The number of carbonyl (C=O) groups is 3. The lowest BCUT2D eigenvalue weighted by atomic mass is 9.91. The number of aryl methyl sites for hydroxylation is 1. The summed E-state index contributed by atoms with van der Waals surface area (Å²) in [6.07, 6.45) is 1.98. The van der Waals surface area contributed by atoms with Gasteiger partial charge in [0.1, 0.15) is 12.1 Å². The van der Waals surface area contributed by atoms with Crippen molar-refractivity contribution in [1.82, 2.24) is 10.2 Å². The molecule has 0 saturated carbocycles. The van der Waals surface area contributed by atoms with E-state index in [0.29, 0.717) is 11.3 Å². The maximum absolute atomic E-state index is 13.2. The van der Waals surface area contributed by atoms with Crippen LogP contribution in [-0.2, 0) is 21.5 Å². The first-order valence-corrected chi connectivity index (χ1v) is 12.1. The molecule has 7 heteroatoms. The Morgan fingerprint density at radius 3 is 2.35 bits per heavy atom. The number of amides is 4. The Hall–Kier alpha value is -3.58. The van der Waals surface area contributed by atoms with E-state index < -0.39 is 23.4 Å². The molecule has 1 saturated heterocycles. The lowest BCUT2D eigenvalue weighted by Gasteiger charge is -2.22. The standard InChI is InChI=1S/C27H27N3O3S/c1-3-9-19-14-16-20(17-15-19)27(2)25(32)30(26(33)29-27)18-24(31)28-22-12-7-8-13-23(22)34-21-10-5-4-6-11-21/h4-8,10-17H,3,9,18H2,1-2H3,(H,28,31)(H,29,33). The van der Waals surface area contributed by atoms with E-state index in [-0.39, 0.29) is 6.54 Å². The Morgan fingerprint density at radius 2 is 1.65 bits per heavy atom. The third-order valence-electron chi connectivity index (χ3n) is 5.78. The molecule has 1 aliphatic rings. The summed E-state index contributed by atoms with van der Waals surface area (Å²) in [6, 6.07) is 24.4. The summed E-state index contributed by atoms with van der Waals surface area (Å²) in [4.78, 5) is 41.6. The SMILES string of the molecule is CCCc1ccc(C2(C)NC(=O)N(CC(=O)Nc3ccccc3Sc3ccccc3)C2=O)cc1. The predicted molar refractivity (Wildman–Crippen MR) is 134 cm³/mol. The number of hydrogen-bond acceptors (Lipinski definition) is 4. The minimum absolute atomic E-state index is 0.363. The third-order valence-corrected chi connectivity index (χ3v) is 6.86. The van der Waals surface area contributed by atoms with Gasteiger partial charge in [-0.1, -0.05) is 79.7 Å². The fourth-order valence-electron chi connectivity index (χ4n) is 3.94. The van der Waals surface area contributed by atoms with E-state index >= 15 is 0 Å². The fraction of sp³-hybridized carbons (Fsp3) is 0.222. The van der Waals surface area contributed by atoms with Crippen molar-refractivity contribution in [2.75, 3.05) is 11.9 Å². The molecule has 3 aromatic carbocycles. The van der Waals surface area contributed by atoms with Crippen LogP contribution in [0.3, 0.4) is 0 Å². The number of anilines is 1. The van der Waals surface area contributed by atoms with E-state index in [9.17, 15) is 14.4 Å². The van der Waals surface area contributed by atoms with Crippen molar-refractivity contribution in [3.8, 4) is 0 Å². The molecule has 0 spiro atoms. The largest absolute Gasteiger partial charge is 0.325 e. The van der Waals surface area contributed by atoms with E-state index in [4.69, 9.17) is 0 Å². The summed E-state index contributed by atoms with van der Waals surface area (Å²) >= 11 is 1.53. The summed E-state index contributed by atoms with van der Waals surface area (Å²) in [5.41, 5.74) is 1.29. The van der Waals surface area contributed by atoms with Crippen molar-refractivity contribution in [1.29, 1.82) is 0 Å². The van der Waals surface area contributed by atoms with Crippen LogP contribution in [0, 0.1) is 0 Å². The number of para-hydroxylation sites is 1. The maximum atomic E-state index is 13.2. The molecule has 174 valence electrons. The van der Waals surface area contributed by atoms with E-state index in [1.54, 1.807) is 13.0 Å². The average Bonchev–Trinajstić information content (AvgIpc) is 3.05. The normalized spacial score (nSPS) is 17.5. The molecule has 4 rings (SSSR count). The van der Waals surface area contributed by atoms with Gasteiger partial charge >= 0.3 is 6.03 Å². The Labute approximate surface area is 203 Å². The quantitative estimate of drug-likeness (QED) is 0.441. The van der Waals surface area contributed by atoms with Crippen LogP contribution in [0.1, 0.15) is 31.4 Å². The Bertz CT molecular complexity index is 1200. The molecular formula is C27H27N3O3S. The maximum Gasteiger partial charge on any atom is 0.325 e. The highest BCUT2D eigenvalue weighted by atomic mass is 32.2. The van der Waals surface area contributed by atoms with Gasteiger partial charge in [0.25, 0.3) is 5.91 Å². The molecule has 1 fully saturated rings. The van der Waals surface area contributed by atoms with Crippen molar-refractivity contribution in [3.63, 3.8) is 0 Å². The van der Waals surface area contributed by atoms with Gasteiger partial charge in [-0.2, -0.15) is 0 Å². The first kappa shape index (κ1) is 23.6. The van der Waals surface area contributed by atoms with E-state index in [1.165, 1.54) is 17.3 Å². The summed E-state index contributed by atoms with van der Waals surface area (Å²) in [5, 5.41) is 5.62. The Kier molecular flexibility index (Phi) is 7.03. The highest BCUT2D eigenvalue weighted by Crippen LogP contribution is 2.33. The smallest absolute Gasteiger partial charge is 0.323 e. The molecular weight excluding hydrogens is 446 g/mol. The van der Waals surface area contributed by atoms with Crippen LogP contribution < -0.4 is 10.6 Å². The number of nitrogens with one attached hydrogen (secondary N) is 2. The Balaban J connectivity index is 1.46. The topological polar surface area (TPSA) is 78.5 Å². The van der Waals surface area contributed by atoms with Gasteiger partial charge in [-0.25, -0.2) is 4.79 Å². The second kappa shape index (κ2) is 10.1. The minimum Gasteiger partial charge on any atom is -0.323 e. The molecule has 1 heterocycles. The van der Waals surface area contributed by atoms with Crippen LogP contribution in [0.2, 0.25) is 0 Å². The Morgan fingerprint density at radius 1 is 0.971 bits per heavy atom. The molecule has 6 nitrogen and oxygen atoms in total. The van der Waals surface area contributed by atoms with Gasteiger partial charge in [0, 0.05) is 9.79 Å². The average molecular weight is 474 g/mol. The van der Waals surface area contributed by atoms with Gasteiger partial charge in [-0.05, 0) is 48.7 Å². The molecule has 3 aromatic rings. The molecule has 2 N–H and O–H groups in total. The van der Waals surface area contributed by atoms with E-state index in [1.807, 2.05) is 72.8 Å². The number of carbonyl (C=O) groups excluding carboxylic acids is 3. The summed E-state index contributed by atoms with van der Waals surface area (Å²) in [7, 11) is 0. The van der Waals surface area contributed by atoms with Crippen molar-refractivity contribution in [2.45, 2.75) is 42.0 Å². The van der Waals surface area contributed by atoms with Gasteiger partial charge < -0.3 is 10.6 Å². The van der Waals surface area contributed by atoms with Crippen molar-refractivity contribution >= 4 is 35.3 Å². The summed E-state index contributed by atoms with van der Waals surface area (Å²) in [6.45, 7) is 3.42. The third kappa shape index (κ3) is 4.99. The highest BCUT2D eigenvalue weighted by Gasteiger charge is 2.49. The molecule has 34 heavy (non-hydrogen) atoms. The number of hydrogen-bond donors (Lipinski definition) is 2. The van der Waals surface area contributed by atoms with Crippen LogP contribution in [0.4, 0.5) is 10.5 Å². The number of benzene rings is 3. The molecule has 1 unspecified atom stereocenters. The van der Waals surface area contributed by atoms with Gasteiger partial charge in [0.15, 0.2) is 0 Å². The zero-order valence-electron chi connectivity index (χ0n) is 19.2. The number of imide groups is 1. The first-order valence-electron chi connectivity index (χ1n) is 11.3. The van der Waals surface area contributed by atoms with Gasteiger partial charge in [0.05, 0.1) is 5.69 Å². The van der Waals surface area contributed by atoms with Crippen LogP contribution in [0.25, 0.3) is 0 Å². The molecule has 4 amide bonds. The van der Waals surface area contributed by atoms with Crippen molar-refractivity contribution in [2.24, 2.45) is 0 Å². The molecule has 0 bridgehead atoms. The molecule has 1 atom stereocenters. The molecule has 1 aliphatic heterocycles. The van der Waals surface area contributed by atoms with E-state index in [2.05, 4.69) is 17.6 Å². The predicted octanol–water partition coefficient (Wildman–Crippen LogP) is 5.20. The zero-order valence-corrected chi connectivity index (χ0v) is 20.0. The minimum atomic E-state index is -1.21. The van der Waals surface area contributed by atoms with Crippen LogP contribution in [-0.4, -0.2) is 29.3 Å². The van der Waals surface area contributed by atoms with Crippen LogP contribution in [0.5, 0.6) is 0 Å². The van der Waals surface area contributed by atoms with E-state index in [0.717, 1.165) is 27.5 Å². The molecule has 0 radical (unpaired) electrons. The molecule has 0 aromatic heterocycles. The van der Waals surface area contributed by atoms with Gasteiger partial charge in [-0.3, -0.25) is 14.5 Å². The second-order valence-electron chi connectivity index (χ2n) is 8.35. The monoisotopic (exact) mass is 473 g/mol. The fourth-order valence-corrected chi connectivity index (χ4v) is 4.86. The lowest BCUT2D eigenvalue weighted by Crippen LogP contribution is -2.42. The number of nitrogens with zero attached hydrogens (tertiary/aromatic N) is 1. The number of urea groups is 1. The first-order chi connectivity index (χ1) is 16.4. The summed E-state index contributed by atoms with van der Waals surface area (Å²) in [5.74, 6) is -0.880. The second-order valence-corrected chi connectivity index (χ2v) is 9.47. The van der Waals surface area contributed by atoms with Crippen molar-refractivity contribution < 1.29 is 14.4 Å². The molecule has 0 aliphatic carbocycles. The zero-order chi connectivity index (χ0) is 24.1. The van der Waals surface area contributed by atoms with Crippen LogP contribution in [0.15, 0.2) is 88.7 Å². The van der Waals surface area contributed by atoms with Crippen molar-refractivity contribution in [3.05, 3.63) is 90.0 Å². The highest BCUT2D eigenvalue weighted by molar-refractivity contribution is 7.99. The summed E-state index contributed by atoms with van der Waals surface area (Å²) < 4.78 is 0. The lowest BCUT2D eigenvalue weighted by molar-refractivity contribution is -0.133. The van der Waals surface area contributed by atoms with Gasteiger partial charge in [0.2, 0.25) is 5.91 Å². The van der Waals surface area contributed by atoms with Crippen LogP contribution >= 0.6 is 11.8 Å². The number of rotatable bonds is 8.